The van der Waals surface area contributed by atoms with Crippen LogP contribution in [-0.2, 0) is 14.8 Å². The molecule has 0 aromatic carbocycles. The second-order valence-electron chi connectivity index (χ2n) is 4.46. The van der Waals surface area contributed by atoms with Crippen LogP contribution in [0.15, 0.2) is 16.3 Å². The molecule has 1 N–H and O–H groups in total. The highest BCUT2D eigenvalue weighted by Crippen LogP contribution is 2.28. The first kappa shape index (κ1) is 15.4. The van der Waals surface area contributed by atoms with Gasteiger partial charge in [-0.25, -0.2) is 13.2 Å². The zero-order valence-electron chi connectivity index (χ0n) is 11.5. The van der Waals surface area contributed by atoms with Gasteiger partial charge in [0, 0.05) is 19.1 Å². The Kier molecular flexibility index (Phi) is 4.79. The molecule has 0 amide bonds. The zero-order valence-corrected chi connectivity index (χ0v) is 13.1. The van der Waals surface area contributed by atoms with Crippen molar-refractivity contribution >= 4 is 27.3 Å². The first-order valence-electron chi connectivity index (χ1n) is 6.40. The summed E-state index contributed by atoms with van der Waals surface area (Å²) in [7, 11) is -2.43. The Hall–Kier alpha value is -0.960. The van der Waals surface area contributed by atoms with Gasteiger partial charge in [0.1, 0.15) is 9.77 Å². The van der Waals surface area contributed by atoms with E-state index in [2.05, 4.69) is 10.1 Å². The number of carbonyl (C=O) groups is 1. The lowest BCUT2D eigenvalue weighted by molar-refractivity contribution is 0.0602. The van der Waals surface area contributed by atoms with E-state index in [1.54, 1.807) is 12.3 Å². The Morgan fingerprint density at radius 3 is 2.90 bits per heavy atom. The molecule has 1 saturated heterocycles. The standard InChI is InChI=1S/C12H18N2O4S2/c1-3-14(9-4-6-13-8-9)20(16,17)10-5-7-19-11(10)12(15)18-2/h5,7,9,13H,3-4,6,8H2,1-2H3. The first-order chi connectivity index (χ1) is 9.52. The van der Waals surface area contributed by atoms with Crippen LogP contribution in [0, 0.1) is 0 Å². The third-order valence-electron chi connectivity index (χ3n) is 3.34. The maximum Gasteiger partial charge on any atom is 0.349 e. The molecule has 0 spiro atoms. The van der Waals surface area contributed by atoms with E-state index in [0.29, 0.717) is 13.1 Å². The second-order valence-corrected chi connectivity index (χ2v) is 7.24. The summed E-state index contributed by atoms with van der Waals surface area (Å²) < 4.78 is 31.6. The zero-order chi connectivity index (χ0) is 14.8. The lowest BCUT2D eigenvalue weighted by atomic mass is 10.3. The van der Waals surface area contributed by atoms with Gasteiger partial charge in [-0.15, -0.1) is 11.3 Å². The minimum absolute atomic E-state index is 0.0445. The molecule has 20 heavy (non-hydrogen) atoms. The molecule has 1 aromatic heterocycles. The van der Waals surface area contributed by atoms with Crippen molar-refractivity contribution in [2.24, 2.45) is 0 Å². The van der Waals surface area contributed by atoms with Crippen LogP contribution >= 0.6 is 11.3 Å². The Morgan fingerprint density at radius 2 is 2.35 bits per heavy atom. The smallest absolute Gasteiger partial charge is 0.349 e. The molecule has 0 aliphatic carbocycles. The van der Waals surface area contributed by atoms with Crippen molar-refractivity contribution in [1.29, 1.82) is 0 Å². The number of hydrogen-bond donors (Lipinski definition) is 1. The van der Waals surface area contributed by atoms with Gasteiger partial charge in [-0.05, 0) is 24.4 Å². The fourth-order valence-corrected chi connectivity index (χ4v) is 5.35. The molecule has 6 nitrogen and oxygen atoms in total. The summed E-state index contributed by atoms with van der Waals surface area (Å²) in [6.07, 6.45) is 0.783. The molecule has 1 aliphatic heterocycles. The quantitative estimate of drug-likeness (QED) is 0.817. The van der Waals surface area contributed by atoms with Crippen molar-refractivity contribution in [3.05, 3.63) is 16.3 Å². The molecular weight excluding hydrogens is 300 g/mol. The van der Waals surface area contributed by atoms with Crippen LogP contribution in [0.1, 0.15) is 23.0 Å². The van der Waals surface area contributed by atoms with Crippen LogP contribution in [0.5, 0.6) is 0 Å². The number of hydrogen-bond acceptors (Lipinski definition) is 6. The summed E-state index contributed by atoms with van der Waals surface area (Å²) in [5.74, 6) is -0.612. The van der Waals surface area contributed by atoms with Crippen LogP contribution < -0.4 is 5.32 Å². The predicted molar refractivity (Wildman–Crippen MR) is 76.5 cm³/mol. The molecule has 2 heterocycles. The van der Waals surface area contributed by atoms with Crippen molar-refractivity contribution in [1.82, 2.24) is 9.62 Å². The second kappa shape index (κ2) is 6.21. The predicted octanol–water partition coefficient (Wildman–Crippen LogP) is 0.907. The van der Waals surface area contributed by atoms with Gasteiger partial charge < -0.3 is 10.1 Å². The van der Waals surface area contributed by atoms with Crippen LogP contribution in [0.4, 0.5) is 0 Å². The van der Waals surface area contributed by atoms with Gasteiger partial charge in [0.2, 0.25) is 10.0 Å². The summed E-state index contributed by atoms with van der Waals surface area (Å²) in [5, 5.41) is 4.76. The first-order valence-corrected chi connectivity index (χ1v) is 8.72. The SMILES string of the molecule is CCN(C1CCNC1)S(=O)(=O)c1ccsc1C(=O)OC. The van der Waals surface area contributed by atoms with Crippen molar-refractivity contribution in [2.75, 3.05) is 26.7 Å². The van der Waals surface area contributed by atoms with Crippen LogP contribution in [0.3, 0.4) is 0 Å². The van der Waals surface area contributed by atoms with Gasteiger partial charge in [0.15, 0.2) is 0 Å². The number of esters is 1. The van der Waals surface area contributed by atoms with E-state index >= 15 is 0 Å². The van der Waals surface area contributed by atoms with E-state index in [0.717, 1.165) is 24.3 Å². The molecule has 2 rings (SSSR count). The summed E-state index contributed by atoms with van der Waals surface area (Å²) in [4.78, 5) is 11.8. The van der Waals surface area contributed by atoms with Crippen molar-refractivity contribution in [3.8, 4) is 0 Å². The largest absolute Gasteiger partial charge is 0.465 e. The van der Waals surface area contributed by atoms with E-state index in [4.69, 9.17) is 0 Å². The molecule has 0 saturated carbocycles. The topological polar surface area (TPSA) is 75.7 Å². The number of likely N-dealkylation sites (N-methyl/N-ethyl adjacent to an activating group) is 1. The van der Waals surface area contributed by atoms with Crippen molar-refractivity contribution in [3.63, 3.8) is 0 Å². The molecule has 1 aliphatic rings. The average Bonchev–Trinajstić information content (AvgIpc) is 3.09. The molecule has 0 radical (unpaired) electrons. The molecule has 1 fully saturated rings. The summed E-state index contributed by atoms with van der Waals surface area (Å²) in [5.41, 5.74) is 0. The molecule has 0 bridgehead atoms. The number of nitrogens with zero attached hydrogens (tertiary/aromatic N) is 1. The summed E-state index contributed by atoms with van der Waals surface area (Å²) in [6.45, 7) is 3.64. The third-order valence-corrected chi connectivity index (χ3v) is 6.43. The molecule has 112 valence electrons. The third kappa shape index (κ3) is 2.73. The fraction of sp³-hybridized carbons (Fsp3) is 0.583. The summed E-state index contributed by atoms with van der Waals surface area (Å²) >= 11 is 1.08. The lowest BCUT2D eigenvalue weighted by Crippen LogP contribution is -2.41. The number of methoxy groups -OCH3 is 1. The highest BCUT2D eigenvalue weighted by molar-refractivity contribution is 7.89. The lowest BCUT2D eigenvalue weighted by Gasteiger charge is -2.26. The van der Waals surface area contributed by atoms with Crippen LogP contribution in [0.25, 0.3) is 0 Å². The number of ether oxygens (including phenoxy) is 1. The monoisotopic (exact) mass is 318 g/mol. The van der Waals surface area contributed by atoms with Gasteiger partial charge in [-0.3, -0.25) is 0 Å². The fourth-order valence-electron chi connectivity index (χ4n) is 2.38. The van der Waals surface area contributed by atoms with E-state index in [9.17, 15) is 13.2 Å². The van der Waals surface area contributed by atoms with E-state index in [-0.39, 0.29) is 15.8 Å². The maximum atomic E-state index is 12.7. The molecule has 1 aromatic rings. The highest BCUT2D eigenvalue weighted by atomic mass is 32.2. The number of rotatable bonds is 5. The normalized spacial score (nSPS) is 19.4. The molecular formula is C12H18N2O4S2. The Bertz CT molecular complexity index is 576. The van der Waals surface area contributed by atoms with Crippen LogP contribution in [0.2, 0.25) is 0 Å². The number of sulfonamides is 1. The minimum atomic E-state index is -3.67. The van der Waals surface area contributed by atoms with Gasteiger partial charge >= 0.3 is 5.97 Å². The van der Waals surface area contributed by atoms with Crippen molar-refractivity contribution < 1.29 is 17.9 Å². The highest BCUT2D eigenvalue weighted by Gasteiger charge is 2.35. The van der Waals surface area contributed by atoms with E-state index < -0.39 is 16.0 Å². The van der Waals surface area contributed by atoms with E-state index in [1.165, 1.54) is 17.5 Å². The van der Waals surface area contributed by atoms with Gasteiger partial charge in [-0.2, -0.15) is 4.31 Å². The van der Waals surface area contributed by atoms with Crippen molar-refractivity contribution in [2.45, 2.75) is 24.3 Å². The number of carbonyl (C=O) groups excluding carboxylic acids is 1. The van der Waals surface area contributed by atoms with Gasteiger partial charge in [0.05, 0.1) is 7.11 Å². The number of nitrogens with one attached hydrogen (secondary N) is 1. The minimum Gasteiger partial charge on any atom is -0.465 e. The average molecular weight is 318 g/mol. The van der Waals surface area contributed by atoms with Gasteiger partial charge in [-0.1, -0.05) is 6.92 Å². The maximum absolute atomic E-state index is 12.7. The van der Waals surface area contributed by atoms with E-state index in [1.807, 2.05) is 0 Å². The number of thiophene rings is 1. The molecule has 1 atom stereocenters. The Labute approximate surface area is 122 Å². The molecule has 8 heteroatoms. The van der Waals surface area contributed by atoms with Gasteiger partial charge in [0.25, 0.3) is 0 Å². The summed E-state index contributed by atoms with van der Waals surface area (Å²) in [6, 6.07) is 1.41. The Morgan fingerprint density at radius 1 is 1.60 bits per heavy atom. The van der Waals surface area contributed by atoms with Crippen LogP contribution in [-0.4, -0.2) is 51.5 Å². The molecule has 1 unspecified atom stereocenters. The Balaban J connectivity index is 2.38.